The first-order valence-corrected chi connectivity index (χ1v) is 10.3. The minimum Gasteiger partial charge on any atom is -0.496 e. The van der Waals surface area contributed by atoms with Gasteiger partial charge in [0.1, 0.15) is 18.5 Å². The Kier molecular flexibility index (Phi) is 4.83. The van der Waals surface area contributed by atoms with E-state index in [-0.39, 0.29) is 24.0 Å². The van der Waals surface area contributed by atoms with Crippen LogP contribution in [0.4, 0.5) is 0 Å². The van der Waals surface area contributed by atoms with Crippen molar-refractivity contribution in [1.82, 2.24) is 9.80 Å². The molecule has 5 rings (SSSR count). The lowest BCUT2D eigenvalue weighted by Crippen LogP contribution is -2.52. The van der Waals surface area contributed by atoms with Crippen molar-refractivity contribution in [2.24, 2.45) is 0 Å². The van der Waals surface area contributed by atoms with Gasteiger partial charge in [-0.2, -0.15) is 0 Å². The topological polar surface area (TPSA) is 68.3 Å². The number of para-hydroxylation sites is 2. The van der Waals surface area contributed by atoms with E-state index >= 15 is 0 Å². The molecule has 0 radical (unpaired) electrons. The highest BCUT2D eigenvalue weighted by molar-refractivity contribution is 6.22. The monoisotopic (exact) mass is 408 g/mol. The number of hydrogen-bond donors (Lipinski definition) is 0. The second-order valence-electron chi connectivity index (χ2n) is 7.92. The Hall–Kier alpha value is -3.06. The van der Waals surface area contributed by atoms with E-state index in [9.17, 15) is 9.59 Å². The average molecular weight is 408 g/mol. The molecule has 0 N–H and O–H groups in total. The lowest BCUT2D eigenvalue weighted by atomic mass is 10.0. The number of amides is 2. The largest absolute Gasteiger partial charge is 0.496 e. The number of carbonyl (C=O) groups excluding carboxylic acids is 2. The Labute approximate surface area is 175 Å². The van der Waals surface area contributed by atoms with Crippen molar-refractivity contribution < 1.29 is 23.8 Å². The number of fused-ring (bicyclic) bond motifs is 2. The summed E-state index contributed by atoms with van der Waals surface area (Å²) in [6, 6.07) is 12.7. The summed E-state index contributed by atoms with van der Waals surface area (Å²) < 4.78 is 17.2. The molecule has 1 fully saturated rings. The number of benzene rings is 2. The van der Waals surface area contributed by atoms with Crippen LogP contribution in [0.3, 0.4) is 0 Å². The number of likely N-dealkylation sites (tertiary alicyclic amines) is 1. The van der Waals surface area contributed by atoms with Gasteiger partial charge in [0.25, 0.3) is 11.8 Å². The van der Waals surface area contributed by atoms with Crippen molar-refractivity contribution in [3.05, 3.63) is 53.6 Å². The first kappa shape index (κ1) is 18.9. The molecule has 2 aromatic carbocycles. The molecule has 0 aliphatic carbocycles. The van der Waals surface area contributed by atoms with Gasteiger partial charge >= 0.3 is 0 Å². The molecule has 3 aliphatic rings. The molecule has 30 heavy (non-hydrogen) atoms. The summed E-state index contributed by atoms with van der Waals surface area (Å²) in [6.45, 7) is 2.72. The van der Waals surface area contributed by atoms with Gasteiger partial charge in [-0.15, -0.1) is 0 Å². The molecule has 0 spiro atoms. The van der Waals surface area contributed by atoms with Crippen LogP contribution in [0.15, 0.2) is 42.5 Å². The number of hydrogen-bond acceptors (Lipinski definition) is 6. The zero-order valence-electron chi connectivity index (χ0n) is 16.9. The summed E-state index contributed by atoms with van der Waals surface area (Å²) in [5.41, 5.74) is 0.805. The number of rotatable bonds is 4. The molecule has 7 heteroatoms. The minimum absolute atomic E-state index is 0.0825. The van der Waals surface area contributed by atoms with Crippen LogP contribution in [0.1, 0.15) is 33.6 Å². The average Bonchev–Trinajstić information content (AvgIpc) is 3.04. The van der Waals surface area contributed by atoms with E-state index < -0.39 is 0 Å². The van der Waals surface area contributed by atoms with E-state index in [4.69, 9.17) is 14.2 Å². The molecule has 0 bridgehead atoms. The summed E-state index contributed by atoms with van der Waals surface area (Å²) in [6.07, 6.45) is 1.63. The fourth-order valence-corrected chi connectivity index (χ4v) is 4.62. The minimum atomic E-state index is -0.259. The fourth-order valence-electron chi connectivity index (χ4n) is 4.62. The van der Waals surface area contributed by atoms with Crippen molar-refractivity contribution in [2.75, 3.05) is 33.4 Å². The standard InChI is InChI=1S/C23H24N2O5/c1-28-20-10-4-7-17-21(20)23(27)25(22(17)26)15-6-5-11-24(12-15)13-16-14-29-18-8-2-3-9-19(18)30-16/h2-4,7-10,15-16H,5-6,11-14H2,1H3/t15-,16-/m0/s1. The van der Waals surface area contributed by atoms with Crippen molar-refractivity contribution in [3.8, 4) is 17.2 Å². The zero-order chi connectivity index (χ0) is 20.7. The maximum atomic E-state index is 13.1. The molecule has 1 saturated heterocycles. The van der Waals surface area contributed by atoms with Crippen molar-refractivity contribution >= 4 is 11.8 Å². The van der Waals surface area contributed by atoms with Crippen LogP contribution in [0.25, 0.3) is 0 Å². The van der Waals surface area contributed by atoms with Crippen molar-refractivity contribution in [2.45, 2.75) is 25.0 Å². The highest BCUT2D eigenvalue weighted by atomic mass is 16.6. The first-order chi connectivity index (χ1) is 14.7. The maximum Gasteiger partial charge on any atom is 0.265 e. The highest BCUT2D eigenvalue weighted by Gasteiger charge is 2.43. The van der Waals surface area contributed by atoms with E-state index in [0.717, 1.165) is 30.9 Å². The Morgan fingerprint density at radius 2 is 1.90 bits per heavy atom. The predicted octanol–water partition coefficient (Wildman–Crippen LogP) is 2.60. The molecule has 2 aromatic rings. The quantitative estimate of drug-likeness (QED) is 0.725. The smallest absolute Gasteiger partial charge is 0.265 e. The molecule has 0 saturated carbocycles. The molecule has 156 valence electrons. The molecular formula is C23H24N2O5. The van der Waals surface area contributed by atoms with Gasteiger partial charge in [0.15, 0.2) is 11.5 Å². The highest BCUT2D eigenvalue weighted by Crippen LogP contribution is 2.34. The van der Waals surface area contributed by atoms with Gasteiger partial charge in [-0.3, -0.25) is 19.4 Å². The third kappa shape index (κ3) is 3.19. The molecule has 3 heterocycles. The number of ether oxygens (including phenoxy) is 3. The van der Waals surface area contributed by atoms with E-state index in [1.165, 1.54) is 12.0 Å². The number of imide groups is 1. The van der Waals surface area contributed by atoms with Crippen LogP contribution in [0, 0.1) is 0 Å². The third-order valence-corrected chi connectivity index (χ3v) is 6.00. The number of nitrogens with zero attached hydrogens (tertiary/aromatic N) is 2. The van der Waals surface area contributed by atoms with Crippen LogP contribution in [0.2, 0.25) is 0 Å². The van der Waals surface area contributed by atoms with Gasteiger partial charge in [0, 0.05) is 13.1 Å². The van der Waals surface area contributed by atoms with Gasteiger partial charge in [0.2, 0.25) is 0 Å². The first-order valence-electron chi connectivity index (χ1n) is 10.3. The summed E-state index contributed by atoms with van der Waals surface area (Å²) >= 11 is 0. The normalized spacial score (nSPS) is 23.4. The second kappa shape index (κ2) is 7.65. The van der Waals surface area contributed by atoms with Crippen molar-refractivity contribution in [1.29, 1.82) is 0 Å². The van der Waals surface area contributed by atoms with Crippen LogP contribution in [0.5, 0.6) is 17.2 Å². The molecule has 0 unspecified atom stereocenters. The summed E-state index contributed by atoms with van der Waals surface area (Å²) in [5.74, 6) is 1.49. The third-order valence-electron chi connectivity index (χ3n) is 6.00. The molecule has 7 nitrogen and oxygen atoms in total. The number of piperidine rings is 1. The summed E-state index contributed by atoms with van der Waals surface area (Å²) in [7, 11) is 1.52. The van der Waals surface area contributed by atoms with Gasteiger partial charge in [0.05, 0.1) is 24.3 Å². The Balaban J connectivity index is 1.28. The van der Waals surface area contributed by atoms with E-state index in [2.05, 4.69) is 4.90 Å². The van der Waals surface area contributed by atoms with E-state index in [1.54, 1.807) is 18.2 Å². The molecule has 2 amide bonds. The predicted molar refractivity (Wildman–Crippen MR) is 109 cm³/mol. The van der Waals surface area contributed by atoms with Crippen molar-refractivity contribution in [3.63, 3.8) is 0 Å². The van der Waals surface area contributed by atoms with E-state index in [1.807, 2.05) is 24.3 Å². The lowest BCUT2D eigenvalue weighted by molar-refractivity contribution is 0.0300. The van der Waals surface area contributed by atoms with Gasteiger partial charge < -0.3 is 14.2 Å². The SMILES string of the molecule is COc1cccc2c1C(=O)N([C@H]1CCCN(C[C@H]3COc4ccccc4O3)C1)C2=O. The molecule has 3 aliphatic heterocycles. The van der Waals surface area contributed by atoms with Gasteiger partial charge in [-0.05, 0) is 43.7 Å². The summed E-state index contributed by atoms with van der Waals surface area (Å²) in [4.78, 5) is 29.8. The van der Waals surface area contributed by atoms with Crippen LogP contribution < -0.4 is 14.2 Å². The Morgan fingerprint density at radius 1 is 1.07 bits per heavy atom. The number of carbonyl (C=O) groups is 2. The molecular weight excluding hydrogens is 384 g/mol. The van der Waals surface area contributed by atoms with Crippen LogP contribution >= 0.6 is 0 Å². The molecule has 2 atom stereocenters. The van der Waals surface area contributed by atoms with Gasteiger partial charge in [-0.25, -0.2) is 0 Å². The van der Waals surface area contributed by atoms with Gasteiger partial charge in [-0.1, -0.05) is 18.2 Å². The zero-order valence-corrected chi connectivity index (χ0v) is 16.9. The Morgan fingerprint density at radius 3 is 2.73 bits per heavy atom. The summed E-state index contributed by atoms with van der Waals surface area (Å²) in [5, 5.41) is 0. The molecule has 0 aromatic heterocycles. The maximum absolute atomic E-state index is 13.1. The van der Waals surface area contributed by atoms with Crippen LogP contribution in [-0.2, 0) is 0 Å². The number of methoxy groups -OCH3 is 1. The van der Waals surface area contributed by atoms with Crippen LogP contribution in [-0.4, -0.2) is 67.1 Å². The lowest BCUT2D eigenvalue weighted by Gasteiger charge is -2.38. The van der Waals surface area contributed by atoms with E-state index in [0.29, 0.717) is 36.6 Å². The Bertz CT molecular complexity index is 991. The second-order valence-corrected chi connectivity index (χ2v) is 7.92. The fraction of sp³-hybridized carbons (Fsp3) is 0.391.